The summed E-state index contributed by atoms with van der Waals surface area (Å²) < 4.78 is 9.06. The molecule has 0 spiro atoms. The van der Waals surface area contributed by atoms with Gasteiger partial charge in [-0.15, -0.1) is 0 Å². The van der Waals surface area contributed by atoms with Crippen molar-refractivity contribution in [3.8, 4) is 17.5 Å². The average Bonchev–Trinajstić information content (AvgIpc) is 2.95. The highest BCUT2D eigenvalue weighted by Crippen LogP contribution is 2.36. The fraction of sp³-hybridized carbons (Fsp3) is 0.294. The second-order valence-corrected chi connectivity index (χ2v) is 5.67. The Kier molecular flexibility index (Phi) is 3.29. The smallest absolute Gasteiger partial charge is 0.169 e. The van der Waals surface area contributed by atoms with Crippen LogP contribution in [0.3, 0.4) is 0 Å². The Morgan fingerprint density at radius 2 is 1.96 bits per heavy atom. The molecule has 2 N–H and O–H groups in total. The Morgan fingerprint density at radius 3 is 2.57 bits per heavy atom. The number of hydrogen-bond donors (Lipinski definition) is 1. The zero-order valence-electron chi connectivity index (χ0n) is 13.9. The SMILES string of the molecule is COc1ccc(C)c(-n2c(N)c(C#N)c3c(C)n(C)nc32)c1C. The Labute approximate surface area is 134 Å². The summed E-state index contributed by atoms with van der Waals surface area (Å²) in [5.74, 6) is 1.19. The summed E-state index contributed by atoms with van der Waals surface area (Å²) in [6.45, 7) is 5.93. The van der Waals surface area contributed by atoms with E-state index in [4.69, 9.17) is 10.5 Å². The molecule has 0 fully saturated rings. The maximum Gasteiger partial charge on any atom is 0.169 e. The number of nitriles is 1. The number of aryl methyl sites for hydroxylation is 3. The highest BCUT2D eigenvalue weighted by atomic mass is 16.5. The number of hydrogen-bond acceptors (Lipinski definition) is 4. The lowest BCUT2D eigenvalue weighted by Gasteiger charge is -2.16. The standard InChI is InChI=1S/C17H19N5O/c1-9-6-7-13(23-5)10(2)15(9)22-16(19)12(8-18)14-11(3)21(4)20-17(14)22/h6-7H,19H2,1-5H3. The maximum atomic E-state index is 9.54. The van der Waals surface area contributed by atoms with Gasteiger partial charge in [-0.05, 0) is 32.4 Å². The van der Waals surface area contributed by atoms with Crippen LogP contribution in [0.15, 0.2) is 12.1 Å². The summed E-state index contributed by atoms with van der Waals surface area (Å²) >= 11 is 0. The van der Waals surface area contributed by atoms with Crippen LogP contribution >= 0.6 is 0 Å². The molecule has 118 valence electrons. The molecule has 0 aliphatic heterocycles. The van der Waals surface area contributed by atoms with Gasteiger partial charge in [0, 0.05) is 18.3 Å². The van der Waals surface area contributed by atoms with E-state index in [0.717, 1.165) is 33.6 Å². The molecule has 0 saturated heterocycles. The van der Waals surface area contributed by atoms with Crippen molar-refractivity contribution in [3.63, 3.8) is 0 Å². The molecule has 0 aliphatic rings. The summed E-state index contributed by atoms with van der Waals surface area (Å²) in [5, 5.41) is 14.9. The number of fused-ring (bicyclic) bond motifs is 1. The molecule has 6 nitrogen and oxygen atoms in total. The fourth-order valence-electron chi connectivity index (χ4n) is 3.12. The average molecular weight is 309 g/mol. The van der Waals surface area contributed by atoms with Gasteiger partial charge in [-0.3, -0.25) is 9.25 Å². The molecule has 23 heavy (non-hydrogen) atoms. The number of methoxy groups -OCH3 is 1. The highest BCUT2D eigenvalue weighted by Gasteiger charge is 2.24. The van der Waals surface area contributed by atoms with Crippen molar-refractivity contribution in [1.82, 2.24) is 14.3 Å². The molecule has 0 aliphatic carbocycles. The first-order chi connectivity index (χ1) is 10.9. The maximum absolute atomic E-state index is 9.54. The van der Waals surface area contributed by atoms with Crippen LogP contribution in [-0.2, 0) is 7.05 Å². The van der Waals surface area contributed by atoms with Crippen LogP contribution in [0, 0.1) is 32.1 Å². The number of nitrogen functional groups attached to an aromatic ring is 1. The second-order valence-electron chi connectivity index (χ2n) is 5.67. The molecule has 3 aromatic rings. The molecule has 3 rings (SSSR count). The van der Waals surface area contributed by atoms with E-state index in [2.05, 4.69) is 11.2 Å². The van der Waals surface area contributed by atoms with Crippen LogP contribution < -0.4 is 10.5 Å². The summed E-state index contributed by atoms with van der Waals surface area (Å²) in [6.07, 6.45) is 0. The summed E-state index contributed by atoms with van der Waals surface area (Å²) in [6, 6.07) is 6.13. The minimum Gasteiger partial charge on any atom is -0.496 e. The van der Waals surface area contributed by atoms with E-state index in [1.54, 1.807) is 11.8 Å². The van der Waals surface area contributed by atoms with Crippen molar-refractivity contribution in [2.75, 3.05) is 12.8 Å². The van der Waals surface area contributed by atoms with Crippen LogP contribution in [0.5, 0.6) is 5.75 Å². The Hall–Kier alpha value is -2.94. The van der Waals surface area contributed by atoms with Crippen molar-refractivity contribution in [2.45, 2.75) is 20.8 Å². The van der Waals surface area contributed by atoms with Gasteiger partial charge in [0.15, 0.2) is 5.65 Å². The molecule has 0 saturated carbocycles. The van der Waals surface area contributed by atoms with Crippen LogP contribution in [0.4, 0.5) is 5.82 Å². The molecule has 0 amide bonds. The zero-order chi connectivity index (χ0) is 16.9. The van der Waals surface area contributed by atoms with Gasteiger partial charge in [0.25, 0.3) is 0 Å². The van der Waals surface area contributed by atoms with Crippen molar-refractivity contribution >= 4 is 16.9 Å². The van der Waals surface area contributed by atoms with Crippen molar-refractivity contribution < 1.29 is 4.74 Å². The topological polar surface area (TPSA) is 81.8 Å². The van der Waals surface area contributed by atoms with Crippen molar-refractivity contribution in [2.24, 2.45) is 7.05 Å². The number of benzene rings is 1. The predicted molar refractivity (Wildman–Crippen MR) is 89.9 cm³/mol. The Balaban J connectivity index is 2.50. The molecule has 0 bridgehead atoms. The summed E-state index contributed by atoms with van der Waals surface area (Å²) in [5.41, 5.74) is 11.3. The molecule has 6 heteroatoms. The van der Waals surface area contributed by atoms with E-state index < -0.39 is 0 Å². The van der Waals surface area contributed by atoms with E-state index in [1.807, 2.05) is 44.5 Å². The monoisotopic (exact) mass is 309 g/mol. The van der Waals surface area contributed by atoms with Gasteiger partial charge in [-0.1, -0.05) is 6.07 Å². The molecule has 2 aromatic heterocycles. The molecule has 1 aromatic carbocycles. The van der Waals surface area contributed by atoms with E-state index in [-0.39, 0.29) is 0 Å². The first-order valence-electron chi connectivity index (χ1n) is 7.30. The van der Waals surface area contributed by atoms with E-state index in [0.29, 0.717) is 17.0 Å². The highest BCUT2D eigenvalue weighted by molar-refractivity contribution is 5.94. The molecule has 0 atom stereocenters. The van der Waals surface area contributed by atoms with Crippen LogP contribution in [0.25, 0.3) is 16.7 Å². The van der Waals surface area contributed by atoms with E-state index in [9.17, 15) is 5.26 Å². The Morgan fingerprint density at radius 1 is 1.26 bits per heavy atom. The third-order valence-electron chi connectivity index (χ3n) is 4.41. The van der Waals surface area contributed by atoms with E-state index in [1.165, 1.54) is 0 Å². The minimum absolute atomic E-state index is 0.410. The summed E-state index contributed by atoms with van der Waals surface area (Å²) in [4.78, 5) is 0. The normalized spacial score (nSPS) is 11.0. The second kappa shape index (κ2) is 5.06. The van der Waals surface area contributed by atoms with Crippen LogP contribution in [0.1, 0.15) is 22.4 Å². The first kappa shape index (κ1) is 15.0. The third kappa shape index (κ3) is 1.90. The lowest BCUT2D eigenvalue weighted by Crippen LogP contribution is -2.07. The molecule has 0 radical (unpaired) electrons. The third-order valence-corrected chi connectivity index (χ3v) is 4.41. The number of nitrogens with zero attached hydrogens (tertiary/aromatic N) is 4. The first-order valence-corrected chi connectivity index (χ1v) is 7.30. The van der Waals surface area contributed by atoms with Crippen LogP contribution in [-0.4, -0.2) is 21.5 Å². The van der Waals surface area contributed by atoms with E-state index >= 15 is 0 Å². The van der Waals surface area contributed by atoms with Crippen molar-refractivity contribution in [1.29, 1.82) is 5.26 Å². The molecule has 2 heterocycles. The van der Waals surface area contributed by atoms with Gasteiger partial charge in [0.2, 0.25) is 0 Å². The van der Waals surface area contributed by atoms with Crippen LogP contribution in [0.2, 0.25) is 0 Å². The largest absolute Gasteiger partial charge is 0.496 e. The number of aromatic nitrogens is 3. The lowest BCUT2D eigenvalue weighted by molar-refractivity contribution is 0.411. The molecular weight excluding hydrogens is 290 g/mol. The van der Waals surface area contributed by atoms with Gasteiger partial charge in [0.05, 0.1) is 18.2 Å². The van der Waals surface area contributed by atoms with Crippen molar-refractivity contribution in [3.05, 3.63) is 34.5 Å². The van der Waals surface area contributed by atoms with Gasteiger partial charge in [0.1, 0.15) is 23.2 Å². The minimum atomic E-state index is 0.410. The lowest BCUT2D eigenvalue weighted by atomic mass is 10.1. The van der Waals surface area contributed by atoms with Gasteiger partial charge in [-0.2, -0.15) is 10.4 Å². The van der Waals surface area contributed by atoms with Gasteiger partial charge in [-0.25, -0.2) is 0 Å². The summed E-state index contributed by atoms with van der Waals surface area (Å²) in [7, 11) is 3.50. The number of anilines is 1. The quantitative estimate of drug-likeness (QED) is 0.789. The van der Waals surface area contributed by atoms with Gasteiger partial charge < -0.3 is 10.5 Å². The predicted octanol–water partition coefficient (Wildman–Crippen LogP) is 2.75. The molecular formula is C17H19N5O. The fourth-order valence-corrected chi connectivity index (χ4v) is 3.12. The molecule has 0 unspecified atom stereocenters. The zero-order valence-corrected chi connectivity index (χ0v) is 13.9. The Bertz CT molecular complexity index is 972. The number of ether oxygens (including phenoxy) is 1. The van der Waals surface area contributed by atoms with Gasteiger partial charge >= 0.3 is 0 Å². The number of nitrogens with two attached hydrogens (primary N) is 1. The number of rotatable bonds is 2.